The fourth-order valence-corrected chi connectivity index (χ4v) is 2.26. The van der Waals surface area contributed by atoms with Crippen LogP contribution in [0.2, 0.25) is 0 Å². The Bertz CT molecular complexity index is 554. The molecule has 2 rings (SSSR count). The molecule has 0 aliphatic carbocycles. The van der Waals surface area contributed by atoms with Crippen LogP contribution in [-0.4, -0.2) is 13.2 Å². The lowest BCUT2D eigenvalue weighted by Crippen LogP contribution is -2.01. The molecule has 0 fully saturated rings. The van der Waals surface area contributed by atoms with Gasteiger partial charge in [-0.3, -0.25) is 0 Å². The number of halogens is 1. The van der Waals surface area contributed by atoms with Gasteiger partial charge in [-0.2, -0.15) is 0 Å². The van der Waals surface area contributed by atoms with E-state index in [2.05, 4.69) is 27.9 Å². The van der Waals surface area contributed by atoms with Crippen molar-refractivity contribution in [1.82, 2.24) is 0 Å². The summed E-state index contributed by atoms with van der Waals surface area (Å²) in [4.78, 5) is 0. The van der Waals surface area contributed by atoms with Gasteiger partial charge in [-0.1, -0.05) is 0 Å². The van der Waals surface area contributed by atoms with Crippen LogP contribution >= 0.6 is 22.6 Å². The van der Waals surface area contributed by atoms with Gasteiger partial charge in [-0.05, 0) is 60.7 Å². The monoisotopic (exact) mass is 387 g/mol. The maximum absolute atomic E-state index is 5.60. The second-order valence-electron chi connectivity index (χ2n) is 4.09. The summed E-state index contributed by atoms with van der Waals surface area (Å²) >= 11 is 2.15. The van der Waals surface area contributed by atoms with Crippen molar-refractivity contribution in [2.24, 2.45) is 0 Å². The molecule has 0 spiro atoms. The summed E-state index contributed by atoms with van der Waals surface area (Å²) in [5.41, 5.74) is 0.975. The van der Waals surface area contributed by atoms with Crippen LogP contribution in [0.25, 0.3) is 0 Å². The van der Waals surface area contributed by atoms with Crippen LogP contribution in [0.4, 0.5) is 5.69 Å². The molecule has 20 heavy (non-hydrogen) atoms. The molecular weight excluding hydrogens is 369 g/mol. The zero-order valence-electron chi connectivity index (χ0n) is 11.6. The molecule has 0 bridgehead atoms. The van der Waals surface area contributed by atoms with Gasteiger partial charge in [0.15, 0.2) is 15.3 Å². The van der Waals surface area contributed by atoms with Crippen molar-refractivity contribution in [2.75, 3.05) is 18.5 Å². The smallest absolute Gasteiger partial charge is 0.164 e. The average Bonchev–Trinajstić information content (AvgIpc) is 2.85. The third-order valence-corrected chi connectivity index (χ3v) is 3.22. The Hall–Kier alpha value is -1.37. The lowest BCUT2D eigenvalue weighted by molar-refractivity contribution is 0.288. The van der Waals surface area contributed by atoms with E-state index >= 15 is 0 Å². The van der Waals surface area contributed by atoms with E-state index in [0.29, 0.717) is 19.8 Å². The fraction of sp³-hybridized carbons (Fsp3) is 0.333. The maximum atomic E-state index is 5.60. The minimum Gasteiger partial charge on any atom is -0.490 e. The number of nitrogens with one attached hydrogen (secondary N) is 1. The molecule has 0 amide bonds. The number of furan rings is 1. The molecule has 0 saturated carbocycles. The molecule has 0 atom stereocenters. The van der Waals surface area contributed by atoms with E-state index in [1.165, 1.54) is 0 Å². The van der Waals surface area contributed by atoms with Gasteiger partial charge >= 0.3 is 0 Å². The summed E-state index contributed by atoms with van der Waals surface area (Å²) < 4.78 is 17.5. The average molecular weight is 387 g/mol. The van der Waals surface area contributed by atoms with E-state index in [1.54, 1.807) is 0 Å². The minimum absolute atomic E-state index is 0.611. The van der Waals surface area contributed by atoms with Crippen LogP contribution in [0, 0.1) is 3.77 Å². The molecular formula is C15H18INO3. The topological polar surface area (TPSA) is 43.6 Å². The van der Waals surface area contributed by atoms with E-state index in [0.717, 1.165) is 26.7 Å². The third-order valence-electron chi connectivity index (χ3n) is 2.64. The summed E-state index contributed by atoms with van der Waals surface area (Å²) in [6.07, 6.45) is 0. The standard InChI is InChI=1S/C15H18INO3/c1-3-18-13-7-5-11(9-14(13)19-4-2)17-10-12-6-8-15(16)20-12/h5-9,17H,3-4,10H2,1-2H3. The first kappa shape index (κ1) is 15.0. The largest absolute Gasteiger partial charge is 0.490 e. The normalized spacial score (nSPS) is 10.3. The number of ether oxygens (including phenoxy) is 2. The number of hydrogen-bond acceptors (Lipinski definition) is 4. The molecule has 1 N–H and O–H groups in total. The van der Waals surface area contributed by atoms with E-state index in [4.69, 9.17) is 13.9 Å². The van der Waals surface area contributed by atoms with E-state index in [9.17, 15) is 0 Å². The highest BCUT2D eigenvalue weighted by Gasteiger charge is 2.06. The van der Waals surface area contributed by atoms with Gasteiger partial charge in [0.1, 0.15) is 5.76 Å². The molecule has 5 heteroatoms. The predicted octanol–water partition coefficient (Wildman–Crippen LogP) is 4.29. The molecule has 2 aromatic rings. The second-order valence-corrected chi connectivity index (χ2v) is 5.15. The molecule has 4 nitrogen and oxygen atoms in total. The molecule has 108 valence electrons. The summed E-state index contributed by atoms with van der Waals surface area (Å²) in [6, 6.07) is 9.75. The zero-order chi connectivity index (χ0) is 14.4. The van der Waals surface area contributed by atoms with Gasteiger partial charge in [0.25, 0.3) is 0 Å². The Kier molecular flexibility index (Phi) is 5.58. The van der Waals surface area contributed by atoms with E-state index in [1.807, 2.05) is 44.2 Å². The molecule has 1 aromatic carbocycles. The van der Waals surface area contributed by atoms with Crippen LogP contribution < -0.4 is 14.8 Å². The van der Waals surface area contributed by atoms with Gasteiger partial charge in [0.2, 0.25) is 0 Å². The highest BCUT2D eigenvalue weighted by Crippen LogP contribution is 2.30. The molecule has 1 heterocycles. The Balaban J connectivity index is 2.05. The molecule has 0 saturated heterocycles. The highest BCUT2D eigenvalue weighted by atomic mass is 127. The van der Waals surface area contributed by atoms with Crippen molar-refractivity contribution in [1.29, 1.82) is 0 Å². The highest BCUT2D eigenvalue weighted by molar-refractivity contribution is 14.1. The van der Waals surface area contributed by atoms with Gasteiger partial charge in [-0.15, -0.1) is 0 Å². The van der Waals surface area contributed by atoms with Crippen LogP contribution in [0.1, 0.15) is 19.6 Å². The van der Waals surface area contributed by atoms with Gasteiger partial charge < -0.3 is 19.2 Å². The molecule has 1 aromatic heterocycles. The maximum Gasteiger partial charge on any atom is 0.164 e. The SMILES string of the molecule is CCOc1ccc(NCc2ccc(I)o2)cc1OCC. The van der Waals surface area contributed by atoms with Gasteiger partial charge in [0, 0.05) is 11.8 Å². The Labute approximate surface area is 132 Å². The van der Waals surface area contributed by atoms with Crippen molar-refractivity contribution in [2.45, 2.75) is 20.4 Å². The summed E-state index contributed by atoms with van der Waals surface area (Å²) in [7, 11) is 0. The Morgan fingerprint density at radius 3 is 2.45 bits per heavy atom. The molecule has 0 unspecified atom stereocenters. The van der Waals surface area contributed by atoms with Gasteiger partial charge in [0.05, 0.1) is 19.8 Å². The Morgan fingerprint density at radius 2 is 1.80 bits per heavy atom. The van der Waals surface area contributed by atoms with E-state index < -0.39 is 0 Å². The van der Waals surface area contributed by atoms with Crippen LogP contribution in [0.5, 0.6) is 11.5 Å². The first-order valence-corrected chi connectivity index (χ1v) is 7.68. The van der Waals surface area contributed by atoms with Crippen LogP contribution in [-0.2, 0) is 6.54 Å². The van der Waals surface area contributed by atoms with Crippen molar-refractivity contribution in [3.8, 4) is 11.5 Å². The Morgan fingerprint density at radius 1 is 1.05 bits per heavy atom. The minimum atomic E-state index is 0.611. The lowest BCUT2D eigenvalue weighted by atomic mass is 10.2. The van der Waals surface area contributed by atoms with Crippen molar-refractivity contribution in [3.63, 3.8) is 0 Å². The van der Waals surface area contributed by atoms with E-state index in [-0.39, 0.29) is 0 Å². The number of hydrogen-bond donors (Lipinski definition) is 1. The molecule has 0 aliphatic heterocycles. The number of rotatable bonds is 7. The van der Waals surface area contributed by atoms with Crippen molar-refractivity contribution >= 4 is 28.3 Å². The first-order valence-electron chi connectivity index (χ1n) is 6.60. The summed E-state index contributed by atoms with van der Waals surface area (Å²) in [5, 5.41) is 3.31. The van der Waals surface area contributed by atoms with Crippen LogP contribution in [0.15, 0.2) is 34.7 Å². The lowest BCUT2D eigenvalue weighted by Gasteiger charge is -2.13. The third kappa shape index (κ3) is 4.06. The number of benzene rings is 1. The quantitative estimate of drug-likeness (QED) is 0.720. The van der Waals surface area contributed by atoms with Crippen LogP contribution in [0.3, 0.4) is 0 Å². The van der Waals surface area contributed by atoms with Crippen molar-refractivity contribution < 1.29 is 13.9 Å². The zero-order valence-corrected chi connectivity index (χ0v) is 13.8. The predicted molar refractivity (Wildman–Crippen MR) is 87.5 cm³/mol. The number of anilines is 1. The second kappa shape index (κ2) is 7.42. The molecule has 0 radical (unpaired) electrons. The van der Waals surface area contributed by atoms with Crippen molar-refractivity contribution in [3.05, 3.63) is 39.9 Å². The first-order chi connectivity index (χ1) is 9.72. The summed E-state index contributed by atoms with van der Waals surface area (Å²) in [5.74, 6) is 2.43. The summed E-state index contributed by atoms with van der Waals surface area (Å²) in [6.45, 7) is 5.79. The molecule has 0 aliphatic rings. The van der Waals surface area contributed by atoms with Gasteiger partial charge in [-0.25, -0.2) is 0 Å². The fourth-order valence-electron chi connectivity index (χ4n) is 1.80.